The first-order chi connectivity index (χ1) is 15.1. The summed E-state index contributed by atoms with van der Waals surface area (Å²) >= 11 is 0. The number of carbonyl (C=O) groups is 1. The van der Waals surface area contributed by atoms with Crippen LogP contribution in [0.3, 0.4) is 0 Å². The first-order valence-corrected chi connectivity index (χ1v) is 12.6. The minimum Gasteiger partial charge on any atom is -0.381 e. The van der Waals surface area contributed by atoms with E-state index in [0.717, 1.165) is 63.9 Å². The van der Waals surface area contributed by atoms with Crippen LogP contribution in [0.1, 0.15) is 51.4 Å². The highest BCUT2D eigenvalue weighted by Gasteiger charge is 2.32. The van der Waals surface area contributed by atoms with Gasteiger partial charge in [0.15, 0.2) is 0 Å². The van der Waals surface area contributed by atoms with Crippen molar-refractivity contribution >= 4 is 6.03 Å². The summed E-state index contributed by atoms with van der Waals surface area (Å²) in [4.78, 5) is 16.9. The molecule has 8 nitrogen and oxygen atoms in total. The Bertz CT molecular complexity index is 554. The van der Waals surface area contributed by atoms with E-state index in [-0.39, 0.29) is 18.4 Å². The molecule has 8 heteroatoms. The monoisotopic (exact) mass is 436 g/mol. The van der Waals surface area contributed by atoms with Crippen LogP contribution < -0.4 is 21.3 Å². The van der Waals surface area contributed by atoms with Crippen LogP contribution in [0.25, 0.3) is 0 Å². The van der Waals surface area contributed by atoms with Gasteiger partial charge < -0.3 is 19.9 Å². The second kappa shape index (κ2) is 11.3. The van der Waals surface area contributed by atoms with Crippen LogP contribution >= 0.6 is 0 Å². The molecule has 2 atom stereocenters. The van der Waals surface area contributed by atoms with Gasteiger partial charge in [-0.05, 0) is 70.3 Å². The second-order valence-corrected chi connectivity index (χ2v) is 10.2. The highest BCUT2D eigenvalue weighted by atomic mass is 16.5. The van der Waals surface area contributed by atoms with E-state index in [1.807, 2.05) is 12.0 Å². The lowest BCUT2D eigenvalue weighted by Gasteiger charge is -2.41. The molecular weight excluding hydrogens is 392 g/mol. The summed E-state index contributed by atoms with van der Waals surface area (Å²) in [6, 6.07) is 0.856. The zero-order valence-electron chi connectivity index (χ0n) is 19.6. The number of nitrogens with zero attached hydrogens (tertiary/aromatic N) is 2. The predicted octanol–water partition coefficient (Wildman–Crippen LogP) is 1.14. The third-order valence-electron chi connectivity index (χ3n) is 8.08. The summed E-state index contributed by atoms with van der Waals surface area (Å²) in [6.07, 6.45) is 10.1. The number of ether oxygens (including phenoxy) is 1. The number of hydrogen-bond donors (Lipinski definition) is 4. The van der Waals surface area contributed by atoms with Crippen molar-refractivity contribution in [3.05, 3.63) is 0 Å². The SMILES string of the molecule is COC1CCC(C2CNC(NC3CCCC(NC(=O)N4CCN(C)CC4)C3)NC2)CC1. The Morgan fingerprint density at radius 1 is 0.903 bits per heavy atom. The van der Waals surface area contributed by atoms with Gasteiger partial charge in [-0.3, -0.25) is 16.0 Å². The van der Waals surface area contributed by atoms with Crippen molar-refractivity contribution in [2.45, 2.75) is 75.8 Å². The molecule has 0 aromatic carbocycles. The van der Waals surface area contributed by atoms with Crippen LogP contribution in [0.5, 0.6) is 0 Å². The maximum atomic E-state index is 12.6. The number of urea groups is 1. The largest absolute Gasteiger partial charge is 0.381 e. The molecule has 4 fully saturated rings. The van der Waals surface area contributed by atoms with Gasteiger partial charge in [-0.25, -0.2) is 4.79 Å². The number of nitrogens with one attached hydrogen (secondary N) is 4. The van der Waals surface area contributed by atoms with Gasteiger partial charge in [-0.2, -0.15) is 0 Å². The van der Waals surface area contributed by atoms with E-state index in [9.17, 15) is 4.79 Å². The van der Waals surface area contributed by atoms with Gasteiger partial charge in [0.2, 0.25) is 0 Å². The summed E-state index contributed by atoms with van der Waals surface area (Å²) in [5.74, 6) is 1.54. The van der Waals surface area contributed by atoms with Gasteiger partial charge in [0.25, 0.3) is 0 Å². The molecule has 2 saturated carbocycles. The Labute approximate surface area is 188 Å². The van der Waals surface area contributed by atoms with E-state index in [2.05, 4.69) is 33.2 Å². The number of carbonyl (C=O) groups excluding carboxylic acids is 1. The molecule has 4 N–H and O–H groups in total. The van der Waals surface area contributed by atoms with Crippen molar-refractivity contribution in [3.8, 4) is 0 Å². The first kappa shape index (κ1) is 23.2. The molecule has 4 rings (SSSR count). The molecule has 2 saturated heterocycles. The van der Waals surface area contributed by atoms with Gasteiger partial charge in [-0.1, -0.05) is 0 Å². The Morgan fingerprint density at radius 2 is 1.58 bits per heavy atom. The van der Waals surface area contributed by atoms with E-state index < -0.39 is 0 Å². The highest BCUT2D eigenvalue weighted by molar-refractivity contribution is 5.74. The lowest BCUT2D eigenvalue weighted by Crippen LogP contribution is -2.63. The Kier molecular flexibility index (Phi) is 8.45. The van der Waals surface area contributed by atoms with E-state index >= 15 is 0 Å². The third-order valence-corrected chi connectivity index (χ3v) is 8.08. The molecule has 0 spiro atoms. The molecule has 4 aliphatic rings. The quantitative estimate of drug-likeness (QED) is 0.518. The van der Waals surface area contributed by atoms with Crippen LogP contribution in [0.2, 0.25) is 0 Å². The Hall–Kier alpha value is -0.930. The lowest BCUT2D eigenvalue weighted by atomic mass is 9.78. The number of likely N-dealkylation sites (N-methyl/N-ethyl adjacent to an activating group) is 1. The first-order valence-electron chi connectivity index (χ1n) is 12.6. The summed E-state index contributed by atoms with van der Waals surface area (Å²) in [7, 11) is 3.96. The zero-order chi connectivity index (χ0) is 21.6. The van der Waals surface area contributed by atoms with E-state index in [0.29, 0.717) is 12.1 Å². The smallest absolute Gasteiger partial charge is 0.317 e. The topological polar surface area (TPSA) is 80.9 Å². The Balaban J connectivity index is 1.15. The van der Waals surface area contributed by atoms with Gasteiger partial charge >= 0.3 is 6.03 Å². The maximum Gasteiger partial charge on any atom is 0.317 e. The summed E-state index contributed by atoms with van der Waals surface area (Å²) < 4.78 is 5.53. The van der Waals surface area contributed by atoms with Gasteiger partial charge in [0.1, 0.15) is 6.29 Å². The number of piperazine rings is 1. The second-order valence-electron chi connectivity index (χ2n) is 10.2. The van der Waals surface area contributed by atoms with Crippen LogP contribution in [0, 0.1) is 11.8 Å². The molecule has 0 aromatic rings. The highest BCUT2D eigenvalue weighted by Crippen LogP contribution is 2.31. The number of amides is 2. The summed E-state index contributed by atoms with van der Waals surface area (Å²) in [5, 5.41) is 14.5. The molecule has 31 heavy (non-hydrogen) atoms. The average Bonchev–Trinajstić information content (AvgIpc) is 2.80. The molecule has 178 valence electrons. The number of hydrogen-bond acceptors (Lipinski definition) is 6. The fraction of sp³-hybridized carbons (Fsp3) is 0.957. The van der Waals surface area contributed by atoms with Crippen LogP contribution in [-0.2, 0) is 4.74 Å². The minimum atomic E-state index is 0.124. The summed E-state index contributed by atoms with van der Waals surface area (Å²) in [5.41, 5.74) is 0. The fourth-order valence-electron chi connectivity index (χ4n) is 5.91. The lowest BCUT2D eigenvalue weighted by molar-refractivity contribution is 0.0414. The molecule has 2 unspecified atom stereocenters. The van der Waals surface area contributed by atoms with Crippen LogP contribution in [0.15, 0.2) is 0 Å². The van der Waals surface area contributed by atoms with Crippen molar-refractivity contribution in [2.75, 3.05) is 53.4 Å². The van der Waals surface area contributed by atoms with Gasteiger partial charge in [-0.15, -0.1) is 0 Å². The number of methoxy groups -OCH3 is 1. The third kappa shape index (κ3) is 6.54. The number of rotatable bonds is 5. The average molecular weight is 437 g/mol. The van der Waals surface area contributed by atoms with Crippen molar-refractivity contribution in [3.63, 3.8) is 0 Å². The fourth-order valence-corrected chi connectivity index (χ4v) is 5.91. The van der Waals surface area contributed by atoms with Gasteiger partial charge in [0.05, 0.1) is 6.10 Å². The van der Waals surface area contributed by atoms with Crippen LogP contribution in [-0.4, -0.2) is 93.7 Å². The van der Waals surface area contributed by atoms with E-state index in [1.165, 1.54) is 38.5 Å². The van der Waals surface area contributed by atoms with Crippen molar-refractivity contribution in [2.24, 2.45) is 11.8 Å². The van der Waals surface area contributed by atoms with Crippen molar-refractivity contribution in [1.29, 1.82) is 0 Å². The molecule has 2 aliphatic carbocycles. The molecule has 0 radical (unpaired) electrons. The Morgan fingerprint density at radius 3 is 2.26 bits per heavy atom. The molecule has 0 aromatic heterocycles. The molecule has 2 aliphatic heterocycles. The summed E-state index contributed by atoms with van der Waals surface area (Å²) in [6.45, 7) is 5.78. The molecule has 2 heterocycles. The minimum absolute atomic E-state index is 0.124. The van der Waals surface area contributed by atoms with E-state index in [1.54, 1.807) is 0 Å². The standard InChI is InChI=1S/C23H44N6O2/c1-28-10-12-29(13-11-28)23(30)27-20-5-3-4-19(14-20)26-22-24-15-18(16-25-22)17-6-8-21(31-2)9-7-17/h17-22,24-26H,3-16H2,1-2H3,(H,27,30). The zero-order valence-corrected chi connectivity index (χ0v) is 19.6. The van der Waals surface area contributed by atoms with Crippen molar-refractivity contribution in [1.82, 2.24) is 31.1 Å². The normalized spacial score (nSPS) is 38.1. The molecular formula is C23H44N6O2. The van der Waals surface area contributed by atoms with Gasteiger partial charge in [0, 0.05) is 58.5 Å². The molecule has 2 amide bonds. The van der Waals surface area contributed by atoms with Crippen molar-refractivity contribution < 1.29 is 9.53 Å². The predicted molar refractivity (Wildman–Crippen MR) is 123 cm³/mol. The van der Waals surface area contributed by atoms with E-state index in [4.69, 9.17) is 4.74 Å². The maximum absolute atomic E-state index is 12.6. The van der Waals surface area contributed by atoms with Crippen LogP contribution in [0.4, 0.5) is 4.79 Å². The molecule has 0 bridgehead atoms.